The zero-order valence-corrected chi connectivity index (χ0v) is 12.3. The fourth-order valence-corrected chi connectivity index (χ4v) is 2.15. The molecule has 1 rings (SSSR count). The Balaban J connectivity index is 2.87. The molecule has 0 aliphatic carbocycles. The Bertz CT molecular complexity index is 336. The van der Waals surface area contributed by atoms with Crippen LogP contribution in [0.2, 0.25) is 0 Å². The highest BCUT2D eigenvalue weighted by atomic mass is 16.5. The number of aryl methyl sites for hydroxylation is 1. The summed E-state index contributed by atoms with van der Waals surface area (Å²) in [7, 11) is 1.95. The highest BCUT2D eigenvalue weighted by Gasteiger charge is 2.27. The van der Waals surface area contributed by atoms with Gasteiger partial charge in [-0.25, -0.2) is 0 Å². The van der Waals surface area contributed by atoms with Crippen molar-refractivity contribution in [1.82, 2.24) is 15.1 Å². The molecule has 18 heavy (non-hydrogen) atoms. The van der Waals surface area contributed by atoms with Crippen LogP contribution in [0.5, 0.6) is 0 Å². The molecule has 0 saturated carbocycles. The smallest absolute Gasteiger partial charge is 0.0820 e. The molecule has 0 aliphatic rings. The van der Waals surface area contributed by atoms with E-state index in [1.54, 1.807) is 0 Å². The molecule has 0 radical (unpaired) electrons. The lowest BCUT2D eigenvalue weighted by Gasteiger charge is -2.29. The van der Waals surface area contributed by atoms with Gasteiger partial charge in [0, 0.05) is 19.9 Å². The number of rotatable bonds is 8. The standard InChI is InChI=1S/C14H27N3O/c1-6-9-15-13(12-8-10-17(5)16-12)14(11(3)4)18-7-2/h8,10-11,13-15H,6-7,9H2,1-5H3. The summed E-state index contributed by atoms with van der Waals surface area (Å²) in [4.78, 5) is 0. The summed E-state index contributed by atoms with van der Waals surface area (Å²) in [6.45, 7) is 10.3. The van der Waals surface area contributed by atoms with Gasteiger partial charge in [-0.15, -0.1) is 0 Å². The van der Waals surface area contributed by atoms with Crippen LogP contribution in [0, 0.1) is 5.92 Å². The van der Waals surface area contributed by atoms with Crippen LogP contribution in [0.3, 0.4) is 0 Å². The van der Waals surface area contributed by atoms with Crippen LogP contribution in [0.4, 0.5) is 0 Å². The average molecular weight is 253 g/mol. The number of hydrogen-bond acceptors (Lipinski definition) is 3. The van der Waals surface area contributed by atoms with Crippen LogP contribution < -0.4 is 5.32 Å². The van der Waals surface area contributed by atoms with E-state index < -0.39 is 0 Å². The first kappa shape index (κ1) is 15.2. The normalized spacial score (nSPS) is 15.0. The summed E-state index contributed by atoms with van der Waals surface area (Å²) in [5.41, 5.74) is 1.07. The molecule has 0 saturated heterocycles. The van der Waals surface area contributed by atoms with Crippen molar-refractivity contribution in [2.45, 2.75) is 46.3 Å². The Hall–Kier alpha value is -0.870. The molecular formula is C14H27N3O. The molecule has 0 aromatic carbocycles. The Labute approximate surface area is 111 Å². The number of aromatic nitrogens is 2. The number of hydrogen-bond donors (Lipinski definition) is 1. The van der Waals surface area contributed by atoms with Crippen molar-refractivity contribution in [2.24, 2.45) is 13.0 Å². The van der Waals surface area contributed by atoms with Gasteiger partial charge < -0.3 is 10.1 Å². The first-order valence-electron chi connectivity index (χ1n) is 6.94. The van der Waals surface area contributed by atoms with E-state index in [2.05, 4.69) is 37.3 Å². The first-order chi connectivity index (χ1) is 8.60. The summed E-state index contributed by atoms with van der Waals surface area (Å²) in [6, 6.07) is 2.24. The summed E-state index contributed by atoms with van der Waals surface area (Å²) in [5.74, 6) is 0.460. The lowest BCUT2D eigenvalue weighted by molar-refractivity contribution is 0.00173. The third kappa shape index (κ3) is 4.10. The van der Waals surface area contributed by atoms with Crippen LogP contribution in [-0.4, -0.2) is 29.0 Å². The number of nitrogens with one attached hydrogen (secondary N) is 1. The highest BCUT2D eigenvalue weighted by molar-refractivity contribution is 5.08. The van der Waals surface area contributed by atoms with Crippen molar-refractivity contribution >= 4 is 0 Å². The molecule has 1 aromatic heterocycles. The zero-order chi connectivity index (χ0) is 13.5. The van der Waals surface area contributed by atoms with E-state index in [1.807, 2.05) is 24.9 Å². The van der Waals surface area contributed by atoms with E-state index in [9.17, 15) is 0 Å². The van der Waals surface area contributed by atoms with E-state index in [1.165, 1.54) is 0 Å². The summed E-state index contributed by atoms with van der Waals surface area (Å²) >= 11 is 0. The molecule has 104 valence electrons. The van der Waals surface area contributed by atoms with E-state index in [0.29, 0.717) is 5.92 Å². The molecule has 4 nitrogen and oxygen atoms in total. The summed E-state index contributed by atoms with van der Waals surface area (Å²) < 4.78 is 7.76. The van der Waals surface area contributed by atoms with E-state index in [-0.39, 0.29) is 12.1 Å². The average Bonchev–Trinajstić information content (AvgIpc) is 2.74. The molecule has 0 spiro atoms. The lowest BCUT2D eigenvalue weighted by Crippen LogP contribution is -2.38. The molecule has 0 aliphatic heterocycles. The van der Waals surface area contributed by atoms with Gasteiger partial charge in [-0.1, -0.05) is 20.8 Å². The molecular weight excluding hydrogens is 226 g/mol. The number of nitrogens with zero attached hydrogens (tertiary/aromatic N) is 2. The second-order valence-corrected chi connectivity index (χ2v) is 5.01. The molecule has 4 heteroatoms. The van der Waals surface area contributed by atoms with Gasteiger partial charge in [0.25, 0.3) is 0 Å². The molecule has 2 unspecified atom stereocenters. The SMILES string of the molecule is CCCNC(c1ccn(C)n1)C(OCC)C(C)C. The highest BCUT2D eigenvalue weighted by Crippen LogP contribution is 2.23. The van der Waals surface area contributed by atoms with Gasteiger partial charge in [-0.05, 0) is 31.9 Å². The molecule has 0 amide bonds. The fourth-order valence-electron chi connectivity index (χ4n) is 2.15. The van der Waals surface area contributed by atoms with Gasteiger partial charge in [-0.3, -0.25) is 4.68 Å². The summed E-state index contributed by atoms with van der Waals surface area (Å²) in [5, 5.41) is 8.09. The topological polar surface area (TPSA) is 39.1 Å². The molecule has 1 heterocycles. The van der Waals surface area contributed by atoms with Crippen molar-refractivity contribution in [3.05, 3.63) is 18.0 Å². The van der Waals surface area contributed by atoms with Crippen molar-refractivity contribution in [3.63, 3.8) is 0 Å². The quantitative estimate of drug-likeness (QED) is 0.774. The van der Waals surface area contributed by atoms with Crippen molar-refractivity contribution in [2.75, 3.05) is 13.2 Å². The predicted molar refractivity (Wildman–Crippen MR) is 74.5 cm³/mol. The minimum Gasteiger partial charge on any atom is -0.376 e. The van der Waals surface area contributed by atoms with Gasteiger partial charge in [0.05, 0.1) is 17.8 Å². The van der Waals surface area contributed by atoms with Gasteiger partial charge in [-0.2, -0.15) is 5.10 Å². The van der Waals surface area contributed by atoms with Gasteiger partial charge in [0.15, 0.2) is 0 Å². The Morgan fingerprint density at radius 2 is 2.11 bits per heavy atom. The molecule has 1 aromatic rings. The monoisotopic (exact) mass is 253 g/mol. The van der Waals surface area contributed by atoms with E-state index >= 15 is 0 Å². The first-order valence-corrected chi connectivity index (χ1v) is 6.94. The molecule has 0 bridgehead atoms. The fraction of sp³-hybridized carbons (Fsp3) is 0.786. The zero-order valence-electron chi connectivity index (χ0n) is 12.3. The molecule has 0 fully saturated rings. The van der Waals surface area contributed by atoms with Crippen LogP contribution in [0.25, 0.3) is 0 Å². The third-order valence-corrected chi connectivity index (χ3v) is 3.01. The Morgan fingerprint density at radius 1 is 1.39 bits per heavy atom. The van der Waals surface area contributed by atoms with Gasteiger partial charge in [0.1, 0.15) is 0 Å². The Kier molecular flexibility index (Phi) is 6.36. The molecule has 1 N–H and O–H groups in total. The van der Waals surface area contributed by atoms with Crippen molar-refractivity contribution < 1.29 is 4.74 Å². The van der Waals surface area contributed by atoms with E-state index in [0.717, 1.165) is 25.3 Å². The minimum absolute atomic E-state index is 0.163. The summed E-state index contributed by atoms with van der Waals surface area (Å²) in [6.07, 6.45) is 3.26. The maximum Gasteiger partial charge on any atom is 0.0820 e. The van der Waals surface area contributed by atoms with Crippen LogP contribution in [-0.2, 0) is 11.8 Å². The third-order valence-electron chi connectivity index (χ3n) is 3.01. The van der Waals surface area contributed by atoms with Crippen molar-refractivity contribution in [3.8, 4) is 0 Å². The maximum atomic E-state index is 5.91. The second-order valence-electron chi connectivity index (χ2n) is 5.01. The van der Waals surface area contributed by atoms with Gasteiger partial charge >= 0.3 is 0 Å². The maximum absolute atomic E-state index is 5.91. The predicted octanol–water partition coefficient (Wildman–Crippen LogP) is 2.52. The van der Waals surface area contributed by atoms with Crippen LogP contribution in [0.1, 0.15) is 45.9 Å². The minimum atomic E-state index is 0.163. The van der Waals surface area contributed by atoms with Crippen molar-refractivity contribution in [1.29, 1.82) is 0 Å². The number of ether oxygens (including phenoxy) is 1. The van der Waals surface area contributed by atoms with Crippen LogP contribution in [0.15, 0.2) is 12.3 Å². The van der Waals surface area contributed by atoms with E-state index in [4.69, 9.17) is 4.74 Å². The molecule has 2 atom stereocenters. The second kappa shape index (κ2) is 7.54. The van der Waals surface area contributed by atoms with Crippen LogP contribution >= 0.6 is 0 Å². The van der Waals surface area contributed by atoms with Gasteiger partial charge in [0.2, 0.25) is 0 Å². The lowest BCUT2D eigenvalue weighted by atomic mass is 9.96. The largest absolute Gasteiger partial charge is 0.376 e. The Morgan fingerprint density at radius 3 is 2.56 bits per heavy atom.